The number of aliphatic imine (C=N–C) groups is 1. The van der Waals surface area contributed by atoms with Gasteiger partial charge in [-0.15, -0.1) is 0 Å². The lowest BCUT2D eigenvalue weighted by atomic mass is 10.2. The number of imidazole rings is 1. The van der Waals surface area contributed by atoms with Crippen molar-refractivity contribution in [1.82, 2.24) is 9.97 Å². The molecule has 3 rings (SSSR count). The van der Waals surface area contributed by atoms with Crippen molar-refractivity contribution in [3.8, 4) is 11.4 Å². The number of aromatic amines is 1. The van der Waals surface area contributed by atoms with Crippen LogP contribution in [0, 0.1) is 0 Å². The first-order valence-electron chi connectivity index (χ1n) is 5.60. The van der Waals surface area contributed by atoms with Gasteiger partial charge in [0.05, 0.1) is 21.7 Å². The molecule has 4 nitrogen and oxygen atoms in total. The van der Waals surface area contributed by atoms with E-state index in [0.717, 1.165) is 11.0 Å². The minimum atomic E-state index is 0.495. The van der Waals surface area contributed by atoms with Crippen LogP contribution in [-0.2, 0) is 4.79 Å². The summed E-state index contributed by atoms with van der Waals surface area (Å²) in [6.07, 6.45) is 1.51. The molecular weight excluding hydrogens is 262 g/mol. The number of nitrogens with zero attached hydrogens (tertiary/aromatic N) is 2. The molecule has 0 aliphatic heterocycles. The van der Waals surface area contributed by atoms with Crippen molar-refractivity contribution >= 4 is 34.4 Å². The average Bonchev–Trinajstić information content (AvgIpc) is 2.85. The Kier molecular flexibility index (Phi) is 2.88. The maximum atomic E-state index is 10.3. The molecule has 0 amide bonds. The molecule has 1 heterocycles. The van der Waals surface area contributed by atoms with Crippen LogP contribution in [-0.4, -0.2) is 16.0 Å². The lowest BCUT2D eigenvalue weighted by molar-refractivity contribution is 0.565. The van der Waals surface area contributed by atoms with Gasteiger partial charge in [0, 0.05) is 5.56 Å². The average molecular weight is 270 g/mol. The topological polar surface area (TPSA) is 58.1 Å². The van der Waals surface area contributed by atoms with Gasteiger partial charge < -0.3 is 4.98 Å². The van der Waals surface area contributed by atoms with Crippen LogP contribution in [0.4, 0.5) is 5.69 Å². The van der Waals surface area contributed by atoms with E-state index in [2.05, 4.69) is 15.0 Å². The maximum Gasteiger partial charge on any atom is 0.240 e. The monoisotopic (exact) mass is 269 g/mol. The van der Waals surface area contributed by atoms with Crippen molar-refractivity contribution < 1.29 is 4.79 Å². The molecule has 0 saturated carbocycles. The van der Waals surface area contributed by atoms with Gasteiger partial charge in [-0.25, -0.2) is 9.78 Å². The fraction of sp³-hybridized carbons (Fsp3) is 0. The van der Waals surface area contributed by atoms with Gasteiger partial charge in [-0.2, -0.15) is 4.99 Å². The van der Waals surface area contributed by atoms with Gasteiger partial charge in [-0.1, -0.05) is 23.7 Å². The number of nitrogens with one attached hydrogen (secondary N) is 1. The number of carbonyl (C=O) groups excluding carboxylic acids is 1. The fourth-order valence-electron chi connectivity index (χ4n) is 1.90. The number of para-hydroxylation sites is 2. The van der Waals surface area contributed by atoms with E-state index in [-0.39, 0.29) is 0 Å². The maximum absolute atomic E-state index is 10.3. The highest BCUT2D eigenvalue weighted by Gasteiger charge is 2.09. The Morgan fingerprint density at radius 2 is 2.05 bits per heavy atom. The van der Waals surface area contributed by atoms with E-state index >= 15 is 0 Å². The Hall–Kier alpha value is -2.42. The third kappa shape index (κ3) is 2.15. The lowest BCUT2D eigenvalue weighted by Crippen LogP contribution is -1.82. The number of benzene rings is 2. The zero-order valence-corrected chi connectivity index (χ0v) is 10.5. The first-order valence-corrected chi connectivity index (χ1v) is 5.98. The summed E-state index contributed by atoms with van der Waals surface area (Å²) in [4.78, 5) is 21.5. The molecule has 0 fully saturated rings. The third-order valence-corrected chi connectivity index (χ3v) is 3.10. The SMILES string of the molecule is O=C=Nc1ccc(Cl)c(-c2nc3ccccc3[nH]2)c1. The standard InChI is InChI=1S/C14H8ClN3O/c15-11-6-5-9(16-8-19)7-10(11)14-17-12-3-1-2-4-13(12)18-14/h1-7H,(H,17,18). The second kappa shape index (κ2) is 4.69. The number of rotatable bonds is 2. The molecule has 0 aliphatic carbocycles. The Morgan fingerprint density at radius 3 is 2.84 bits per heavy atom. The highest BCUT2D eigenvalue weighted by atomic mass is 35.5. The predicted octanol–water partition coefficient (Wildman–Crippen LogP) is 3.85. The van der Waals surface area contributed by atoms with Gasteiger partial charge in [0.25, 0.3) is 0 Å². The van der Waals surface area contributed by atoms with Crippen LogP contribution in [0.3, 0.4) is 0 Å². The van der Waals surface area contributed by atoms with Crippen molar-refractivity contribution in [2.24, 2.45) is 4.99 Å². The van der Waals surface area contributed by atoms with Crippen LogP contribution in [0.1, 0.15) is 0 Å². The molecular formula is C14H8ClN3O. The summed E-state index contributed by atoms with van der Waals surface area (Å²) in [5, 5.41) is 0.545. The fourth-order valence-corrected chi connectivity index (χ4v) is 2.10. The van der Waals surface area contributed by atoms with Crippen molar-refractivity contribution in [1.29, 1.82) is 0 Å². The van der Waals surface area contributed by atoms with E-state index in [9.17, 15) is 4.79 Å². The molecule has 0 bridgehead atoms. The van der Waals surface area contributed by atoms with Gasteiger partial charge in [-0.3, -0.25) is 0 Å². The summed E-state index contributed by atoms with van der Waals surface area (Å²) in [5.74, 6) is 0.647. The first-order chi connectivity index (χ1) is 9.28. The number of aromatic nitrogens is 2. The quantitative estimate of drug-likeness (QED) is 0.567. The number of fused-ring (bicyclic) bond motifs is 1. The van der Waals surface area contributed by atoms with Crippen LogP contribution in [0.25, 0.3) is 22.4 Å². The minimum absolute atomic E-state index is 0.495. The minimum Gasteiger partial charge on any atom is -0.338 e. The number of H-pyrrole nitrogens is 1. The van der Waals surface area contributed by atoms with Gasteiger partial charge in [0.15, 0.2) is 0 Å². The molecule has 0 spiro atoms. The van der Waals surface area contributed by atoms with Crippen molar-refractivity contribution in [3.05, 3.63) is 47.5 Å². The largest absolute Gasteiger partial charge is 0.338 e. The van der Waals surface area contributed by atoms with Crippen LogP contribution in [0.5, 0.6) is 0 Å². The second-order valence-electron chi connectivity index (χ2n) is 3.97. The van der Waals surface area contributed by atoms with Crippen molar-refractivity contribution in [3.63, 3.8) is 0 Å². The number of hydrogen-bond donors (Lipinski definition) is 1. The van der Waals surface area contributed by atoms with E-state index in [4.69, 9.17) is 11.6 Å². The highest BCUT2D eigenvalue weighted by molar-refractivity contribution is 6.33. The number of halogens is 1. The summed E-state index contributed by atoms with van der Waals surface area (Å²) in [5.41, 5.74) is 2.99. The predicted molar refractivity (Wildman–Crippen MR) is 74.3 cm³/mol. The molecule has 0 saturated heterocycles. The van der Waals surface area contributed by atoms with E-state index in [1.807, 2.05) is 24.3 Å². The molecule has 0 radical (unpaired) electrons. The van der Waals surface area contributed by atoms with E-state index in [1.54, 1.807) is 18.2 Å². The van der Waals surface area contributed by atoms with Gasteiger partial charge in [0.1, 0.15) is 5.82 Å². The van der Waals surface area contributed by atoms with Gasteiger partial charge in [-0.05, 0) is 30.3 Å². The zero-order valence-electron chi connectivity index (χ0n) is 9.72. The summed E-state index contributed by atoms with van der Waals surface area (Å²) in [6, 6.07) is 12.7. The van der Waals surface area contributed by atoms with Crippen molar-refractivity contribution in [2.75, 3.05) is 0 Å². The molecule has 19 heavy (non-hydrogen) atoms. The number of isocyanates is 1. The molecule has 0 atom stereocenters. The normalized spacial score (nSPS) is 10.4. The molecule has 3 aromatic rings. The summed E-state index contributed by atoms with van der Waals surface area (Å²) in [7, 11) is 0. The number of hydrogen-bond acceptors (Lipinski definition) is 3. The summed E-state index contributed by atoms with van der Waals surface area (Å²) < 4.78 is 0. The van der Waals surface area contributed by atoms with Crippen LogP contribution in [0.15, 0.2) is 47.5 Å². The Bertz CT molecular complexity index is 770. The van der Waals surface area contributed by atoms with Crippen LogP contribution in [0.2, 0.25) is 5.02 Å². The Morgan fingerprint density at radius 1 is 1.21 bits per heavy atom. The smallest absolute Gasteiger partial charge is 0.240 e. The van der Waals surface area contributed by atoms with Crippen LogP contribution >= 0.6 is 11.6 Å². The van der Waals surface area contributed by atoms with Crippen LogP contribution < -0.4 is 0 Å². The van der Waals surface area contributed by atoms with Gasteiger partial charge >= 0.3 is 0 Å². The lowest BCUT2D eigenvalue weighted by Gasteiger charge is -2.01. The molecule has 5 heteroatoms. The molecule has 0 unspecified atom stereocenters. The van der Waals surface area contributed by atoms with E-state index < -0.39 is 0 Å². The zero-order chi connectivity index (χ0) is 13.2. The van der Waals surface area contributed by atoms with E-state index in [0.29, 0.717) is 22.1 Å². The third-order valence-electron chi connectivity index (χ3n) is 2.77. The Labute approximate surface area is 113 Å². The first kappa shape index (κ1) is 11.7. The van der Waals surface area contributed by atoms with E-state index in [1.165, 1.54) is 6.08 Å². The Balaban J connectivity index is 2.19. The molecule has 0 aliphatic rings. The summed E-state index contributed by atoms with van der Waals surface area (Å²) >= 11 is 6.16. The molecule has 1 N–H and O–H groups in total. The highest BCUT2D eigenvalue weighted by Crippen LogP contribution is 2.30. The summed E-state index contributed by atoms with van der Waals surface area (Å²) in [6.45, 7) is 0. The molecule has 2 aromatic carbocycles. The molecule has 92 valence electrons. The second-order valence-corrected chi connectivity index (χ2v) is 4.38. The molecule has 1 aromatic heterocycles. The van der Waals surface area contributed by atoms with Gasteiger partial charge in [0.2, 0.25) is 6.08 Å². The van der Waals surface area contributed by atoms with Crippen molar-refractivity contribution in [2.45, 2.75) is 0 Å².